The van der Waals surface area contributed by atoms with Crippen molar-refractivity contribution in [2.24, 2.45) is 17.8 Å². The molecular formula is C29H27NO4. The standard InChI is InChI=1S/C29H27NO4/c1-19-10-15-25-26(16-19)29(33)30(28(25)32)23-8-5-9-24(17-23)34-18-27(31)22-13-11-21(12-14-22)20-6-3-2-4-7-20/h2-9,11-14,17,19,25-26H,10,15-16,18H2,1H3. The molecule has 172 valence electrons. The van der Waals surface area contributed by atoms with E-state index in [0.29, 0.717) is 22.9 Å². The summed E-state index contributed by atoms with van der Waals surface area (Å²) < 4.78 is 5.74. The molecule has 0 spiro atoms. The van der Waals surface area contributed by atoms with Crippen molar-refractivity contribution in [1.82, 2.24) is 0 Å². The van der Waals surface area contributed by atoms with Gasteiger partial charge in [-0.3, -0.25) is 14.4 Å². The van der Waals surface area contributed by atoms with Gasteiger partial charge in [0, 0.05) is 11.6 Å². The molecule has 3 unspecified atom stereocenters. The Morgan fingerprint density at radius 3 is 2.32 bits per heavy atom. The lowest BCUT2D eigenvalue weighted by Gasteiger charge is -2.25. The maximum atomic E-state index is 13.0. The van der Waals surface area contributed by atoms with Crippen LogP contribution < -0.4 is 9.64 Å². The van der Waals surface area contributed by atoms with Crippen LogP contribution in [-0.4, -0.2) is 24.2 Å². The van der Waals surface area contributed by atoms with E-state index in [-0.39, 0.29) is 36.0 Å². The lowest BCUT2D eigenvalue weighted by atomic mass is 9.76. The summed E-state index contributed by atoms with van der Waals surface area (Å²) in [7, 11) is 0. The van der Waals surface area contributed by atoms with Crippen LogP contribution in [-0.2, 0) is 9.59 Å². The van der Waals surface area contributed by atoms with Gasteiger partial charge >= 0.3 is 0 Å². The zero-order valence-electron chi connectivity index (χ0n) is 19.1. The second kappa shape index (κ2) is 9.26. The van der Waals surface area contributed by atoms with Crippen molar-refractivity contribution in [3.05, 3.63) is 84.4 Å². The summed E-state index contributed by atoms with van der Waals surface area (Å²) in [4.78, 5) is 39.9. The highest BCUT2D eigenvalue weighted by Gasteiger charge is 2.50. The van der Waals surface area contributed by atoms with Gasteiger partial charge in [0.25, 0.3) is 0 Å². The number of hydrogen-bond acceptors (Lipinski definition) is 4. The Bertz CT molecular complexity index is 1220. The fraction of sp³-hybridized carbons (Fsp3) is 0.276. The third-order valence-corrected chi connectivity index (χ3v) is 6.95. The molecule has 3 aromatic rings. The molecule has 2 fully saturated rings. The molecule has 34 heavy (non-hydrogen) atoms. The van der Waals surface area contributed by atoms with Crippen molar-refractivity contribution < 1.29 is 19.1 Å². The molecule has 1 saturated carbocycles. The number of ether oxygens (including phenoxy) is 1. The van der Waals surface area contributed by atoms with E-state index in [4.69, 9.17) is 4.74 Å². The highest BCUT2D eigenvalue weighted by atomic mass is 16.5. The van der Waals surface area contributed by atoms with E-state index in [1.807, 2.05) is 42.5 Å². The molecule has 5 rings (SSSR count). The molecule has 1 saturated heterocycles. The van der Waals surface area contributed by atoms with E-state index >= 15 is 0 Å². The number of nitrogens with zero attached hydrogens (tertiary/aromatic N) is 1. The smallest absolute Gasteiger partial charge is 0.237 e. The van der Waals surface area contributed by atoms with Crippen molar-refractivity contribution in [2.45, 2.75) is 26.2 Å². The molecule has 5 nitrogen and oxygen atoms in total. The van der Waals surface area contributed by atoms with Gasteiger partial charge < -0.3 is 4.74 Å². The fourth-order valence-corrected chi connectivity index (χ4v) is 5.07. The quantitative estimate of drug-likeness (QED) is 0.363. The SMILES string of the molecule is CC1CCC2C(=O)N(c3cccc(OCC(=O)c4ccc(-c5ccccc5)cc4)c3)C(=O)C2C1. The lowest BCUT2D eigenvalue weighted by Crippen LogP contribution is -2.30. The summed E-state index contributed by atoms with van der Waals surface area (Å²) >= 11 is 0. The number of rotatable bonds is 6. The van der Waals surface area contributed by atoms with Crippen molar-refractivity contribution >= 4 is 23.3 Å². The zero-order valence-corrected chi connectivity index (χ0v) is 19.1. The fourth-order valence-electron chi connectivity index (χ4n) is 5.07. The second-order valence-corrected chi connectivity index (χ2v) is 9.30. The van der Waals surface area contributed by atoms with E-state index < -0.39 is 0 Å². The summed E-state index contributed by atoms with van der Waals surface area (Å²) in [5, 5.41) is 0. The van der Waals surface area contributed by atoms with E-state index in [2.05, 4.69) is 6.92 Å². The van der Waals surface area contributed by atoms with Gasteiger partial charge in [0.15, 0.2) is 12.4 Å². The molecule has 0 radical (unpaired) electrons. The van der Waals surface area contributed by atoms with Crippen molar-refractivity contribution in [3.63, 3.8) is 0 Å². The Balaban J connectivity index is 1.25. The van der Waals surface area contributed by atoms with Gasteiger partial charge in [-0.25, -0.2) is 4.90 Å². The summed E-state index contributed by atoms with van der Waals surface area (Å²) in [6.45, 7) is 2.01. The first-order valence-electron chi connectivity index (χ1n) is 11.8. The lowest BCUT2D eigenvalue weighted by molar-refractivity contribution is -0.122. The molecule has 3 atom stereocenters. The highest BCUT2D eigenvalue weighted by molar-refractivity contribution is 6.22. The van der Waals surface area contributed by atoms with Crippen LogP contribution in [0.2, 0.25) is 0 Å². The van der Waals surface area contributed by atoms with Gasteiger partial charge in [-0.1, -0.05) is 67.6 Å². The Morgan fingerprint density at radius 2 is 1.56 bits per heavy atom. The van der Waals surface area contributed by atoms with Gasteiger partial charge in [0.2, 0.25) is 11.8 Å². The number of ketones is 1. The van der Waals surface area contributed by atoms with Gasteiger partial charge in [0.05, 0.1) is 17.5 Å². The molecule has 1 aliphatic carbocycles. The third-order valence-electron chi connectivity index (χ3n) is 6.95. The van der Waals surface area contributed by atoms with E-state index in [9.17, 15) is 14.4 Å². The van der Waals surface area contributed by atoms with Crippen molar-refractivity contribution in [2.75, 3.05) is 11.5 Å². The molecule has 0 bridgehead atoms. The molecule has 0 N–H and O–H groups in total. The number of carbonyl (C=O) groups excluding carboxylic acids is 3. The minimum atomic E-state index is -0.221. The van der Waals surface area contributed by atoms with Crippen LogP contribution in [0.25, 0.3) is 11.1 Å². The highest BCUT2D eigenvalue weighted by Crippen LogP contribution is 2.42. The Labute approximate surface area is 199 Å². The maximum Gasteiger partial charge on any atom is 0.237 e. The Hall–Kier alpha value is -3.73. The van der Waals surface area contributed by atoms with Crippen molar-refractivity contribution in [1.29, 1.82) is 0 Å². The van der Waals surface area contributed by atoms with Crippen LogP contribution in [0.1, 0.15) is 36.5 Å². The molecule has 2 amide bonds. The number of imide groups is 1. The number of Topliss-reactive ketones (excluding diaryl/α,β-unsaturated/α-hetero) is 1. The van der Waals surface area contributed by atoms with Crippen LogP contribution in [0.3, 0.4) is 0 Å². The monoisotopic (exact) mass is 453 g/mol. The second-order valence-electron chi connectivity index (χ2n) is 9.30. The van der Waals surface area contributed by atoms with Crippen LogP contribution >= 0.6 is 0 Å². The average molecular weight is 454 g/mol. The molecule has 5 heteroatoms. The minimum Gasteiger partial charge on any atom is -0.485 e. The van der Waals surface area contributed by atoms with Crippen LogP contribution in [0.15, 0.2) is 78.9 Å². The first-order valence-corrected chi connectivity index (χ1v) is 11.8. The first-order chi connectivity index (χ1) is 16.5. The first kappa shape index (κ1) is 22.1. The number of anilines is 1. The molecular weight excluding hydrogens is 426 g/mol. The number of benzene rings is 3. The summed E-state index contributed by atoms with van der Waals surface area (Å²) in [6.07, 6.45) is 2.51. The maximum absolute atomic E-state index is 13.0. The van der Waals surface area contributed by atoms with Gasteiger partial charge in [-0.2, -0.15) is 0 Å². The molecule has 3 aromatic carbocycles. The van der Waals surface area contributed by atoms with Crippen LogP contribution in [0.5, 0.6) is 5.75 Å². The van der Waals surface area contributed by atoms with Gasteiger partial charge in [0.1, 0.15) is 5.75 Å². The molecule has 1 heterocycles. The summed E-state index contributed by atoms with van der Waals surface area (Å²) in [6, 6.07) is 24.3. The topological polar surface area (TPSA) is 63.7 Å². The molecule has 0 aromatic heterocycles. The molecule has 1 aliphatic heterocycles. The predicted molar refractivity (Wildman–Crippen MR) is 131 cm³/mol. The Kier molecular flexibility index (Phi) is 6.01. The van der Waals surface area contributed by atoms with E-state index in [1.54, 1.807) is 36.4 Å². The number of hydrogen-bond donors (Lipinski definition) is 0. The normalized spacial score (nSPS) is 21.9. The average Bonchev–Trinajstić information content (AvgIpc) is 3.12. The predicted octanol–water partition coefficient (Wildman–Crippen LogP) is 5.54. The van der Waals surface area contributed by atoms with Gasteiger partial charge in [-0.05, 0) is 48.4 Å². The summed E-state index contributed by atoms with van der Waals surface area (Å²) in [5.41, 5.74) is 3.21. The summed E-state index contributed by atoms with van der Waals surface area (Å²) in [5.74, 6) is 0.103. The van der Waals surface area contributed by atoms with Crippen molar-refractivity contribution in [3.8, 4) is 16.9 Å². The number of amides is 2. The van der Waals surface area contributed by atoms with Gasteiger partial charge in [-0.15, -0.1) is 0 Å². The zero-order chi connectivity index (χ0) is 23.7. The van der Waals surface area contributed by atoms with Crippen LogP contribution in [0.4, 0.5) is 5.69 Å². The van der Waals surface area contributed by atoms with E-state index in [0.717, 1.165) is 30.4 Å². The third kappa shape index (κ3) is 4.26. The Morgan fingerprint density at radius 1 is 0.853 bits per heavy atom. The largest absolute Gasteiger partial charge is 0.485 e. The number of fused-ring (bicyclic) bond motifs is 1. The van der Waals surface area contributed by atoms with Crippen LogP contribution in [0, 0.1) is 17.8 Å². The number of carbonyl (C=O) groups is 3. The minimum absolute atomic E-state index is 0.117. The molecule has 2 aliphatic rings. The van der Waals surface area contributed by atoms with E-state index in [1.165, 1.54) is 4.90 Å².